The maximum atomic E-state index is 12.5. The Kier molecular flexibility index (Phi) is 2.10. The van der Waals surface area contributed by atoms with Crippen LogP contribution >= 0.6 is 0 Å². The van der Waals surface area contributed by atoms with Crippen LogP contribution in [-0.2, 0) is 4.79 Å². The van der Waals surface area contributed by atoms with E-state index in [9.17, 15) is 17.7 Å². The Balaban J connectivity index is 2.51. The zero-order valence-electron chi connectivity index (χ0n) is 7.47. The Labute approximate surface area is 83.3 Å². The van der Waals surface area contributed by atoms with Gasteiger partial charge in [-0.25, -0.2) is 0 Å². The molecule has 0 bridgehead atoms. The van der Waals surface area contributed by atoms with Gasteiger partial charge in [0.1, 0.15) is 5.75 Å². The standard InChI is InChI=1S/C8H6BF3NO2/c10-9(11,12)5-2-1-3-6-8(5)15-4-7(14)13-6/h1-3H,4H2,(H,13,14)/q-1. The van der Waals surface area contributed by atoms with Crippen LogP contribution < -0.4 is 15.5 Å². The van der Waals surface area contributed by atoms with E-state index in [0.717, 1.165) is 6.07 Å². The summed E-state index contributed by atoms with van der Waals surface area (Å²) < 4.78 is 42.4. The minimum atomic E-state index is -5.12. The monoisotopic (exact) mass is 216 g/mol. The van der Waals surface area contributed by atoms with Crippen molar-refractivity contribution in [3.8, 4) is 5.75 Å². The van der Waals surface area contributed by atoms with Crippen LogP contribution in [0.2, 0.25) is 0 Å². The van der Waals surface area contributed by atoms with Gasteiger partial charge in [-0.1, -0.05) is 17.6 Å². The van der Waals surface area contributed by atoms with Gasteiger partial charge in [0.05, 0.1) is 5.69 Å². The number of benzene rings is 1. The molecule has 0 unspecified atom stereocenters. The molecular weight excluding hydrogens is 210 g/mol. The van der Waals surface area contributed by atoms with E-state index in [1.54, 1.807) is 0 Å². The normalized spacial score (nSPS) is 15.3. The number of fused-ring (bicyclic) bond motifs is 1. The smallest absolute Gasteiger partial charge is 0.485 e. The van der Waals surface area contributed by atoms with Crippen molar-refractivity contribution in [1.82, 2.24) is 0 Å². The summed E-state index contributed by atoms with van der Waals surface area (Å²) in [5, 5.41) is 2.32. The summed E-state index contributed by atoms with van der Waals surface area (Å²) in [6.45, 7) is -5.50. The molecular formula is C8H6BF3NO2-. The van der Waals surface area contributed by atoms with E-state index in [0.29, 0.717) is 0 Å². The molecule has 1 aromatic rings. The zero-order valence-corrected chi connectivity index (χ0v) is 7.47. The number of nitrogens with one attached hydrogen (secondary N) is 1. The van der Waals surface area contributed by atoms with Crippen molar-refractivity contribution in [2.45, 2.75) is 0 Å². The van der Waals surface area contributed by atoms with E-state index >= 15 is 0 Å². The number of ether oxygens (including phenoxy) is 1. The minimum Gasteiger partial charge on any atom is -0.485 e. The van der Waals surface area contributed by atoms with Gasteiger partial charge in [-0.2, -0.15) is 0 Å². The molecule has 1 aromatic carbocycles. The van der Waals surface area contributed by atoms with Crippen LogP contribution in [0.15, 0.2) is 18.2 Å². The van der Waals surface area contributed by atoms with Crippen LogP contribution in [0.5, 0.6) is 5.75 Å². The lowest BCUT2D eigenvalue weighted by molar-refractivity contribution is -0.118. The van der Waals surface area contributed by atoms with Gasteiger partial charge in [-0.3, -0.25) is 4.79 Å². The van der Waals surface area contributed by atoms with Gasteiger partial charge in [0.25, 0.3) is 5.91 Å². The summed E-state index contributed by atoms with van der Waals surface area (Å²) >= 11 is 0. The Morgan fingerprint density at radius 3 is 2.73 bits per heavy atom. The van der Waals surface area contributed by atoms with Gasteiger partial charge in [-0.05, 0) is 6.07 Å². The summed E-state index contributed by atoms with van der Waals surface area (Å²) in [6, 6.07) is 3.55. The Morgan fingerprint density at radius 2 is 2.07 bits per heavy atom. The van der Waals surface area contributed by atoms with Crippen molar-refractivity contribution < 1.29 is 22.5 Å². The average Bonchev–Trinajstić information content (AvgIpc) is 2.15. The van der Waals surface area contributed by atoms with Gasteiger partial charge in [0.15, 0.2) is 6.61 Å². The molecule has 7 heteroatoms. The second-order valence-electron chi connectivity index (χ2n) is 3.14. The van der Waals surface area contributed by atoms with Crippen LogP contribution in [0.3, 0.4) is 0 Å². The summed E-state index contributed by atoms with van der Waals surface area (Å²) in [4.78, 5) is 10.9. The van der Waals surface area contributed by atoms with E-state index in [1.807, 2.05) is 0 Å². The molecule has 0 fully saturated rings. The zero-order chi connectivity index (χ0) is 11.1. The van der Waals surface area contributed by atoms with Crippen LogP contribution in [0.1, 0.15) is 0 Å². The predicted molar refractivity (Wildman–Crippen MR) is 49.3 cm³/mol. The van der Waals surface area contributed by atoms with Crippen molar-refractivity contribution in [2.75, 3.05) is 11.9 Å². The molecule has 0 atom stereocenters. The van der Waals surface area contributed by atoms with E-state index in [4.69, 9.17) is 4.74 Å². The van der Waals surface area contributed by atoms with Crippen LogP contribution in [0.4, 0.5) is 18.6 Å². The highest BCUT2D eigenvalue weighted by atomic mass is 19.4. The third kappa shape index (κ3) is 1.77. The summed E-state index contributed by atoms with van der Waals surface area (Å²) in [5.74, 6) is -0.737. The number of amides is 1. The molecule has 1 N–H and O–H groups in total. The number of rotatable bonds is 1. The fraction of sp³-hybridized carbons (Fsp3) is 0.125. The van der Waals surface area contributed by atoms with E-state index in [2.05, 4.69) is 5.32 Å². The number of anilines is 1. The number of hydrogen-bond acceptors (Lipinski definition) is 2. The minimum absolute atomic E-state index is 0.0722. The number of carbonyl (C=O) groups excluding carboxylic acids is 1. The molecule has 0 aliphatic carbocycles. The second kappa shape index (κ2) is 3.18. The Bertz CT molecular complexity index is 419. The topological polar surface area (TPSA) is 38.3 Å². The van der Waals surface area contributed by atoms with Gasteiger partial charge >= 0.3 is 6.98 Å². The fourth-order valence-electron chi connectivity index (χ4n) is 1.40. The van der Waals surface area contributed by atoms with Gasteiger partial charge < -0.3 is 23.0 Å². The maximum absolute atomic E-state index is 12.5. The van der Waals surface area contributed by atoms with Crippen molar-refractivity contribution in [3.63, 3.8) is 0 Å². The molecule has 1 aliphatic rings. The lowest BCUT2D eigenvalue weighted by atomic mass is 9.79. The molecule has 0 saturated heterocycles. The second-order valence-corrected chi connectivity index (χ2v) is 3.14. The lowest BCUT2D eigenvalue weighted by Gasteiger charge is -2.25. The largest absolute Gasteiger partial charge is 0.513 e. The first-order valence-corrected chi connectivity index (χ1v) is 4.24. The van der Waals surface area contributed by atoms with Crippen molar-refractivity contribution in [1.29, 1.82) is 0 Å². The Morgan fingerprint density at radius 1 is 1.33 bits per heavy atom. The first-order chi connectivity index (χ1) is 6.98. The van der Waals surface area contributed by atoms with E-state index < -0.39 is 18.3 Å². The summed E-state index contributed by atoms with van der Waals surface area (Å²) in [6.07, 6.45) is 0. The van der Waals surface area contributed by atoms with Crippen LogP contribution in [0, 0.1) is 0 Å². The molecule has 2 rings (SSSR count). The van der Waals surface area contributed by atoms with Crippen molar-refractivity contribution in [3.05, 3.63) is 18.2 Å². The number of para-hydroxylation sites is 1. The van der Waals surface area contributed by atoms with Gasteiger partial charge in [0, 0.05) is 0 Å². The van der Waals surface area contributed by atoms with Gasteiger partial charge in [0.2, 0.25) is 0 Å². The summed E-state index contributed by atoms with van der Waals surface area (Å²) in [5.41, 5.74) is -0.740. The van der Waals surface area contributed by atoms with Crippen molar-refractivity contribution in [2.24, 2.45) is 0 Å². The SMILES string of the molecule is O=C1COc2c(cccc2[B-](F)(F)F)N1. The molecule has 0 spiro atoms. The summed E-state index contributed by atoms with van der Waals surface area (Å²) in [7, 11) is 0. The van der Waals surface area contributed by atoms with E-state index in [-0.39, 0.29) is 18.0 Å². The molecule has 15 heavy (non-hydrogen) atoms. The highest BCUT2D eigenvalue weighted by Gasteiger charge is 2.32. The number of halogens is 3. The van der Waals surface area contributed by atoms with Crippen LogP contribution in [0.25, 0.3) is 0 Å². The first kappa shape index (κ1) is 9.88. The molecule has 1 amide bonds. The lowest BCUT2D eigenvalue weighted by Crippen LogP contribution is -2.38. The van der Waals surface area contributed by atoms with Crippen LogP contribution in [-0.4, -0.2) is 19.5 Å². The molecule has 0 radical (unpaired) electrons. The fourth-order valence-corrected chi connectivity index (χ4v) is 1.40. The highest BCUT2D eigenvalue weighted by molar-refractivity contribution is 6.74. The quantitative estimate of drug-likeness (QED) is 0.713. The predicted octanol–water partition coefficient (Wildman–Crippen LogP) is 1.07. The molecule has 80 valence electrons. The molecule has 1 aliphatic heterocycles. The highest BCUT2D eigenvalue weighted by Crippen LogP contribution is 2.28. The first-order valence-electron chi connectivity index (χ1n) is 4.24. The van der Waals surface area contributed by atoms with E-state index in [1.165, 1.54) is 12.1 Å². The third-order valence-electron chi connectivity index (χ3n) is 2.02. The molecule has 0 aromatic heterocycles. The van der Waals surface area contributed by atoms with Crippen molar-refractivity contribution >= 4 is 24.0 Å². The number of carbonyl (C=O) groups is 1. The third-order valence-corrected chi connectivity index (χ3v) is 2.02. The average molecular weight is 216 g/mol. The molecule has 1 heterocycles. The number of hydrogen-bond donors (Lipinski definition) is 1. The molecule has 0 saturated carbocycles. The molecule has 3 nitrogen and oxygen atoms in total. The van der Waals surface area contributed by atoms with Gasteiger partial charge in [-0.15, -0.1) is 0 Å². The maximum Gasteiger partial charge on any atom is 0.513 e. The Hall–Kier alpha value is -1.66.